The van der Waals surface area contributed by atoms with Crippen LogP contribution in [0.5, 0.6) is 0 Å². The summed E-state index contributed by atoms with van der Waals surface area (Å²) >= 11 is 0. The van der Waals surface area contributed by atoms with Crippen molar-refractivity contribution in [2.24, 2.45) is 0 Å². The van der Waals surface area contributed by atoms with Crippen molar-refractivity contribution in [1.82, 2.24) is 24.7 Å². The molecule has 1 N–H and O–H groups in total. The van der Waals surface area contributed by atoms with E-state index in [-0.39, 0.29) is 23.2 Å². The van der Waals surface area contributed by atoms with Crippen LogP contribution in [0.4, 0.5) is 0 Å². The van der Waals surface area contributed by atoms with Crippen LogP contribution in [0.15, 0.2) is 41.7 Å². The number of hydrogen-bond acceptors (Lipinski definition) is 7. The van der Waals surface area contributed by atoms with E-state index in [0.717, 1.165) is 54.4 Å². The fourth-order valence-electron chi connectivity index (χ4n) is 4.14. The van der Waals surface area contributed by atoms with Gasteiger partial charge in [0.05, 0.1) is 18.7 Å². The van der Waals surface area contributed by atoms with Crippen molar-refractivity contribution in [2.75, 3.05) is 0 Å². The molecule has 2 aromatic heterocycles. The minimum atomic E-state index is -4.11. The topological polar surface area (TPSA) is 131 Å². The summed E-state index contributed by atoms with van der Waals surface area (Å²) in [5.41, 5.74) is 4.87. The largest absolute Gasteiger partial charge is 0.285 e. The van der Waals surface area contributed by atoms with E-state index < -0.39 is 15.9 Å². The van der Waals surface area contributed by atoms with Crippen LogP contribution in [0.25, 0.3) is 11.1 Å². The predicted octanol–water partition coefficient (Wildman–Crippen LogP) is 2.08. The number of pyridine rings is 1. The molecule has 0 bridgehead atoms. The number of fused-ring (bicyclic) bond motifs is 1. The number of aromatic nitrogens is 4. The van der Waals surface area contributed by atoms with Crippen LogP contribution in [0.2, 0.25) is 0 Å². The molecule has 1 fully saturated rings. The number of carbonyl (C=O) groups is 1. The van der Waals surface area contributed by atoms with Gasteiger partial charge in [0.2, 0.25) is 10.9 Å². The molecular formula is C22H20N6O3S. The Morgan fingerprint density at radius 2 is 2.09 bits per heavy atom. The fraction of sp³-hybridized carbons (Fsp3) is 0.318. The molecule has 2 aliphatic rings. The summed E-state index contributed by atoms with van der Waals surface area (Å²) < 4.78 is 27.5. The molecule has 10 heteroatoms. The Morgan fingerprint density at radius 3 is 2.88 bits per heavy atom. The highest BCUT2D eigenvalue weighted by Gasteiger charge is 2.29. The quantitative estimate of drug-likeness (QED) is 0.611. The summed E-state index contributed by atoms with van der Waals surface area (Å²) in [5, 5.41) is 16.9. The lowest BCUT2D eigenvalue weighted by Gasteiger charge is -2.15. The minimum absolute atomic E-state index is 0.0985. The van der Waals surface area contributed by atoms with Crippen molar-refractivity contribution >= 4 is 15.9 Å². The zero-order valence-electron chi connectivity index (χ0n) is 17.2. The molecule has 1 saturated carbocycles. The van der Waals surface area contributed by atoms with E-state index in [1.165, 1.54) is 16.6 Å². The lowest BCUT2D eigenvalue weighted by Crippen LogP contribution is -2.32. The number of rotatable bonds is 6. The van der Waals surface area contributed by atoms with Gasteiger partial charge in [-0.2, -0.15) is 23.6 Å². The second-order valence-corrected chi connectivity index (χ2v) is 9.69. The first-order chi connectivity index (χ1) is 15.4. The Labute approximate surface area is 185 Å². The Kier molecular flexibility index (Phi) is 4.98. The van der Waals surface area contributed by atoms with Crippen LogP contribution >= 0.6 is 0 Å². The van der Waals surface area contributed by atoms with Gasteiger partial charge in [0.1, 0.15) is 11.8 Å². The third-order valence-corrected chi connectivity index (χ3v) is 7.04. The Balaban J connectivity index is 1.44. The number of benzene rings is 1. The van der Waals surface area contributed by atoms with Gasteiger partial charge in [-0.25, -0.2) is 9.71 Å². The monoisotopic (exact) mass is 448 g/mol. The van der Waals surface area contributed by atoms with Crippen molar-refractivity contribution in [3.8, 4) is 17.2 Å². The van der Waals surface area contributed by atoms with Gasteiger partial charge in [0.25, 0.3) is 10.0 Å². The van der Waals surface area contributed by atoms with Gasteiger partial charge in [-0.3, -0.25) is 4.79 Å². The molecule has 32 heavy (non-hydrogen) atoms. The molecule has 0 unspecified atom stereocenters. The molecule has 0 saturated heterocycles. The van der Waals surface area contributed by atoms with Gasteiger partial charge in [0.15, 0.2) is 0 Å². The van der Waals surface area contributed by atoms with E-state index in [4.69, 9.17) is 0 Å². The number of hydrogen-bond donors (Lipinski definition) is 1. The molecular weight excluding hydrogens is 428 g/mol. The van der Waals surface area contributed by atoms with Gasteiger partial charge in [-0.15, -0.1) is 5.10 Å². The smallest absolute Gasteiger partial charge is 0.274 e. The highest BCUT2D eigenvalue weighted by molar-refractivity contribution is 7.90. The zero-order chi connectivity index (χ0) is 22.3. The maximum absolute atomic E-state index is 12.9. The van der Waals surface area contributed by atoms with Gasteiger partial charge < -0.3 is 0 Å². The molecule has 3 aromatic rings. The average Bonchev–Trinajstić information content (AvgIpc) is 3.29. The lowest BCUT2D eigenvalue weighted by molar-refractivity contribution is -0.118. The van der Waals surface area contributed by atoms with Crippen molar-refractivity contribution in [3.05, 3.63) is 59.0 Å². The highest BCUT2D eigenvalue weighted by atomic mass is 32.2. The molecule has 5 rings (SSSR count). The van der Waals surface area contributed by atoms with Crippen molar-refractivity contribution < 1.29 is 13.2 Å². The van der Waals surface area contributed by atoms with E-state index in [1.807, 2.05) is 18.2 Å². The molecule has 9 nitrogen and oxygen atoms in total. The first-order valence-corrected chi connectivity index (χ1v) is 11.9. The summed E-state index contributed by atoms with van der Waals surface area (Å²) in [5.74, 6) is -0.637. The van der Waals surface area contributed by atoms with E-state index >= 15 is 0 Å². The van der Waals surface area contributed by atoms with Crippen molar-refractivity contribution in [1.29, 1.82) is 5.26 Å². The molecule has 0 aliphatic heterocycles. The Bertz CT molecular complexity index is 1370. The zero-order valence-corrected chi connectivity index (χ0v) is 18.0. The molecule has 0 atom stereocenters. The summed E-state index contributed by atoms with van der Waals surface area (Å²) in [7, 11) is -4.11. The van der Waals surface area contributed by atoms with Gasteiger partial charge in [-0.05, 0) is 72.1 Å². The number of aryl methyl sites for hydroxylation is 1. The number of sulfonamides is 1. The van der Waals surface area contributed by atoms with E-state index in [2.05, 4.69) is 19.9 Å². The van der Waals surface area contributed by atoms with Gasteiger partial charge in [-0.1, -0.05) is 12.1 Å². The number of nitrogens with zero attached hydrogens (tertiary/aromatic N) is 5. The second-order valence-electron chi connectivity index (χ2n) is 8.06. The Hall–Kier alpha value is -3.58. The van der Waals surface area contributed by atoms with E-state index in [0.29, 0.717) is 0 Å². The third kappa shape index (κ3) is 3.87. The van der Waals surface area contributed by atoms with Crippen molar-refractivity contribution in [3.63, 3.8) is 0 Å². The molecule has 2 aliphatic carbocycles. The molecule has 0 spiro atoms. The number of nitrogens with one attached hydrogen (secondary N) is 1. The highest BCUT2D eigenvalue weighted by Crippen LogP contribution is 2.34. The molecule has 162 valence electrons. The third-order valence-electron chi connectivity index (χ3n) is 5.81. The summed E-state index contributed by atoms with van der Waals surface area (Å²) in [4.78, 5) is 18.3. The van der Waals surface area contributed by atoms with Crippen LogP contribution in [0.1, 0.15) is 47.7 Å². The standard InChI is InChI=1S/C22H20N6O3S/c23-12-16-10-15(8-9-24-16)19-7-4-14-2-1-3-18(14)20(19)11-21(29)27-32(30,31)22-13-25-28(26-22)17-5-6-17/h4,7-10,13,17H,1-3,5-6,11H2,(H,27,29). The fourth-order valence-corrected chi connectivity index (χ4v) is 4.99. The summed E-state index contributed by atoms with van der Waals surface area (Å²) in [6.45, 7) is 0. The minimum Gasteiger partial charge on any atom is -0.274 e. The van der Waals surface area contributed by atoms with E-state index in [9.17, 15) is 18.5 Å². The Morgan fingerprint density at radius 1 is 1.25 bits per heavy atom. The predicted molar refractivity (Wildman–Crippen MR) is 114 cm³/mol. The van der Waals surface area contributed by atoms with Crippen LogP contribution in [0.3, 0.4) is 0 Å². The first kappa shape index (κ1) is 20.3. The number of amides is 1. The summed E-state index contributed by atoms with van der Waals surface area (Å²) in [6.07, 6.45) is 7.19. The molecule has 2 heterocycles. The van der Waals surface area contributed by atoms with E-state index in [1.54, 1.807) is 18.3 Å². The molecule has 1 aromatic carbocycles. The van der Waals surface area contributed by atoms with Crippen LogP contribution < -0.4 is 4.72 Å². The summed E-state index contributed by atoms with van der Waals surface area (Å²) in [6, 6.07) is 9.60. The maximum Gasteiger partial charge on any atom is 0.285 e. The number of carbonyl (C=O) groups excluding carboxylic acids is 1. The normalized spacial score (nSPS) is 15.2. The SMILES string of the molecule is N#Cc1cc(-c2ccc3c(c2CC(=O)NS(=O)(=O)c2cnn(C4CC4)n2)CCC3)ccn1. The van der Waals surface area contributed by atoms with Crippen LogP contribution in [-0.4, -0.2) is 34.3 Å². The molecule has 1 amide bonds. The number of nitriles is 1. The van der Waals surface area contributed by atoms with Crippen LogP contribution in [-0.2, 0) is 34.1 Å². The van der Waals surface area contributed by atoms with Gasteiger partial charge in [0, 0.05) is 6.20 Å². The maximum atomic E-state index is 12.9. The second kappa shape index (κ2) is 7.84. The average molecular weight is 449 g/mol. The van der Waals surface area contributed by atoms with Crippen LogP contribution in [0, 0.1) is 11.3 Å². The van der Waals surface area contributed by atoms with Gasteiger partial charge >= 0.3 is 0 Å². The first-order valence-electron chi connectivity index (χ1n) is 10.4. The molecule has 0 radical (unpaired) electrons. The lowest BCUT2D eigenvalue weighted by atomic mass is 9.91. The van der Waals surface area contributed by atoms with Crippen molar-refractivity contribution in [2.45, 2.75) is 49.6 Å².